The number of hydrogen-bond donors (Lipinski definition) is 0. The summed E-state index contributed by atoms with van der Waals surface area (Å²) in [7, 11) is 0. The van der Waals surface area contributed by atoms with Gasteiger partial charge in [-0.15, -0.1) is 0 Å². The van der Waals surface area contributed by atoms with Gasteiger partial charge in [0.15, 0.2) is 6.10 Å². The zero-order chi connectivity index (χ0) is 50.0. The van der Waals surface area contributed by atoms with Crippen LogP contribution in [0.4, 0.5) is 0 Å². The predicted molar refractivity (Wildman–Crippen MR) is 298 cm³/mol. The molecular weight excluding hydrogens is 853 g/mol. The zero-order valence-corrected chi connectivity index (χ0v) is 46.1. The number of rotatable bonds is 55. The van der Waals surface area contributed by atoms with Gasteiger partial charge in [0.2, 0.25) is 0 Å². The molecule has 0 aromatic carbocycles. The highest BCUT2D eigenvalue weighted by molar-refractivity contribution is 5.71. The summed E-state index contributed by atoms with van der Waals surface area (Å²) in [6.45, 7) is 6.62. The Balaban J connectivity index is 4.35. The van der Waals surface area contributed by atoms with Gasteiger partial charge < -0.3 is 14.2 Å². The van der Waals surface area contributed by atoms with Crippen molar-refractivity contribution in [2.24, 2.45) is 0 Å². The van der Waals surface area contributed by atoms with E-state index in [1.54, 1.807) is 0 Å². The van der Waals surface area contributed by atoms with Crippen molar-refractivity contribution in [3.05, 3.63) is 48.6 Å². The molecule has 0 bridgehead atoms. The van der Waals surface area contributed by atoms with Crippen molar-refractivity contribution in [3.8, 4) is 0 Å². The molecule has 0 amide bonds. The van der Waals surface area contributed by atoms with Gasteiger partial charge >= 0.3 is 17.9 Å². The molecule has 0 N–H and O–H groups in total. The first-order chi connectivity index (χ1) is 34.0. The second-order valence-corrected chi connectivity index (χ2v) is 20.3. The molecule has 0 unspecified atom stereocenters. The third-order valence-electron chi connectivity index (χ3n) is 13.3. The second kappa shape index (κ2) is 57.9. The number of esters is 3. The summed E-state index contributed by atoms with van der Waals surface area (Å²) in [5.74, 6) is -0.908. The minimum atomic E-state index is -0.791. The number of carbonyl (C=O) groups excluding carboxylic acids is 3. The molecule has 0 spiro atoms. The Morgan fingerprint density at radius 1 is 0.290 bits per heavy atom. The molecule has 0 aromatic heterocycles. The topological polar surface area (TPSA) is 78.9 Å². The van der Waals surface area contributed by atoms with E-state index in [1.807, 2.05) is 0 Å². The van der Waals surface area contributed by atoms with Crippen molar-refractivity contribution in [1.29, 1.82) is 0 Å². The highest BCUT2D eigenvalue weighted by Crippen LogP contribution is 2.16. The molecule has 0 radical (unpaired) electrons. The zero-order valence-electron chi connectivity index (χ0n) is 46.1. The largest absolute Gasteiger partial charge is 0.462 e. The Hall–Kier alpha value is -2.63. The number of ether oxygens (including phenoxy) is 3. The number of carbonyl (C=O) groups is 3. The minimum absolute atomic E-state index is 0.0851. The standard InChI is InChI=1S/C63H114O6/c1-4-7-10-13-16-19-22-25-28-29-30-31-32-33-36-38-41-44-47-50-53-56-62(65)68-59-60(69-63(66)57-54-51-48-45-42-39-35-27-24-21-18-15-12-9-6-3)58-67-61(64)55-52-49-46-43-40-37-34-26-23-20-17-14-11-8-5-2/h18,21,25,27-28,35,42,45,60H,4-17,19-20,22-24,26,29-34,36-41,43-44,46-59H2,1-3H3/b21-18-,28-25-,35-27-,45-42-/t60-/m0/s1. The second-order valence-electron chi connectivity index (χ2n) is 20.3. The Bertz CT molecular complexity index is 1200. The summed E-state index contributed by atoms with van der Waals surface area (Å²) < 4.78 is 16.9. The smallest absolute Gasteiger partial charge is 0.306 e. The van der Waals surface area contributed by atoms with Gasteiger partial charge in [0.1, 0.15) is 13.2 Å². The molecule has 0 aliphatic rings. The maximum Gasteiger partial charge on any atom is 0.306 e. The molecule has 402 valence electrons. The van der Waals surface area contributed by atoms with Crippen LogP contribution in [0.15, 0.2) is 48.6 Å². The van der Waals surface area contributed by atoms with Gasteiger partial charge in [0, 0.05) is 19.3 Å². The monoisotopic (exact) mass is 967 g/mol. The lowest BCUT2D eigenvalue weighted by atomic mass is 10.0. The van der Waals surface area contributed by atoms with E-state index in [0.29, 0.717) is 19.3 Å². The van der Waals surface area contributed by atoms with E-state index in [-0.39, 0.29) is 37.5 Å². The van der Waals surface area contributed by atoms with E-state index in [0.717, 1.165) is 64.2 Å². The van der Waals surface area contributed by atoms with Crippen LogP contribution >= 0.6 is 0 Å². The molecule has 69 heavy (non-hydrogen) atoms. The third kappa shape index (κ3) is 56.2. The predicted octanol–water partition coefficient (Wildman–Crippen LogP) is 20.2. The van der Waals surface area contributed by atoms with E-state index in [9.17, 15) is 14.4 Å². The van der Waals surface area contributed by atoms with Gasteiger partial charge in [-0.3, -0.25) is 14.4 Å². The lowest BCUT2D eigenvalue weighted by molar-refractivity contribution is -0.167. The van der Waals surface area contributed by atoms with Gasteiger partial charge in [0.05, 0.1) is 0 Å². The first-order valence-corrected chi connectivity index (χ1v) is 30.1. The molecule has 6 nitrogen and oxygen atoms in total. The summed E-state index contributed by atoms with van der Waals surface area (Å²) in [5, 5.41) is 0. The normalized spacial score (nSPS) is 12.3. The van der Waals surface area contributed by atoms with Crippen molar-refractivity contribution >= 4 is 17.9 Å². The Labute approximate surface area is 428 Å². The van der Waals surface area contributed by atoms with Crippen molar-refractivity contribution in [3.63, 3.8) is 0 Å². The first-order valence-electron chi connectivity index (χ1n) is 30.1. The minimum Gasteiger partial charge on any atom is -0.462 e. The maximum atomic E-state index is 12.8. The summed E-state index contributed by atoms with van der Waals surface area (Å²) in [4.78, 5) is 38.2. The van der Waals surface area contributed by atoms with Crippen LogP contribution in [-0.4, -0.2) is 37.2 Å². The SMILES string of the molecule is CCCCC/C=C\C/C=C\C/C=C\CCCCC(=O)O[C@H](COC(=O)CCCCCCCCCCCCC/C=C\CCCCCCCC)COC(=O)CCCCCCCCCCCCCCCCC. The molecule has 0 aromatic rings. The van der Waals surface area contributed by atoms with Gasteiger partial charge in [-0.1, -0.05) is 262 Å². The lowest BCUT2D eigenvalue weighted by Gasteiger charge is -2.18. The van der Waals surface area contributed by atoms with Crippen LogP contribution in [0.2, 0.25) is 0 Å². The summed E-state index contributed by atoms with van der Waals surface area (Å²) in [5.41, 5.74) is 0. The molecule has 6 heteroatoms. The molecule has 0 saturated carbocycles. The molecule has 0 rings (SSSR count). The van der Waals surface area contributed by atoms with Gasteiger partial charge in [-0.25, -0.2) is 0 Å². The molecule has 0 aliphatic heterocycles. The van der Waals surface area contributed by atoms with E-state index < -0.39 is 6.10 Å². The Kier molecular flexibility index (Phi) is 55.7. The van der Waals surface area contributed by atoms with E-state index in [2.05, 4.69) is 69.4 Å². The molecular formula is C63H114O6. The maximum absolute atomic E-state index is 12.8. The summed E-state index contributed by atoms with van der Waals surface area (Å²) in [6.07, 6.45) is 71.1. The van der Waals surface area contributed by atoms with Crippen LogP contribution in [0, 0.1) is 0 Å². The van der Waals surface area contributed by atoms with E-state index in [1.165, 1.54) is 205 Å². The number of hydrogen-bond acceptors (Lipinski definition) is 6. The van der Waals surface area contributed by atoms with E-state index >= 15 is 0 Å². The van der Waals surface area contributed by atoms with Crippen LogP contribution < -0.4 is 0 Å². The highest BCUT2D eigenvalue weighted by Gasteiger charge is 2.19. The quantitative estimate of drug-likeness (QED) is 0.0262. The number of allylic oxidation sites excluding steroid dienone is 8. The van der Waals surface area contributed by atoms with Gasteiger partial charge in [-0.05, 0) is 83.5 Å². The van der Waals surface area contributed by atoms with Crippen molar-refractivity contribution in [2.75, 3.05) is 13.2 Å². The average molecular weight is 968 g/mol. The molecule has 0 aliphatic carbocycles. The van der Waals surface area contributed by atoms with Gasteiger partial charge in [-0.2, -0.15) is 0 Å². The van der Waals surface area contributed by atoms with Crippen molar-refractivity contribution in [1.82, 2.24) is 0 Å². The van der Waals surface area contributed by atoms with Crippen molar-refractivity contribution < 1.29 is 28.6 Å². The van der Waals surface area contributed by atoms with Gasteiger partial charge in [0.25, 0.3) is 0 Å². The molecule has 0 heterocycles. The lowest BCUT2D eigenvalue weighted by Crippen LogP contribution is -2.30. The Morgan fingerprint density at radius 2 is 0.522 bits per heavy atom. The fourth-order valence-electron chi connectivity index (χ4n) is 8.74. The fraction of sp³-hybridized carbons (Fsp3) is 0.825. The van der Waals surface area contributed by atoms with E-state index in [4.69, 9.17) is 14.2 Å². The van der Waals surface area contributed by atoms with Crippen LogP contribution in [0.3, 0.4) is 0 Å². The van der Waals surface area contributed by atoms with Crippen LogP contribution in [-0.2, 0) is 28.6 Å². The van der Waals surface area contributed by atoms with Crippen LogP contribution in [0.1, 0.15) is 316 Å². The summed E-state index contributed by atoms with van der Waals surface area (Å²) in [6, 6.07) is 0. The van der Waals surface area contributed by atoms with Crippen LogP contribution in [0.5, 0.6) is 0 Å². The number of unbranched alkanes of at least 4 members (excludes halogenated alkanes) is 36. The summed E-state index contributed by atoms with van der Waals surface area (Å²) >= 11 is 0. The van der Waals surface area contributed by atoms with Crippen molar-refractivity contribution in [2.45, 2.75) is 322 Å². The third-order valence-corrected chi connectivity index (χ3v) is 13.3. The molecule has 1 atom stereocenters. The first kappa shape index (κ1) is 66.4. The average Bonchev–Trinajstić information content (AvgIpc) is 3.35. The Morgan fingerprint density at radius 3 is 0.884 bits per heavy atom. The molecule has 0 saturated heterocycles. The highest BCUT2D eigenvalue weighted by atomic mass is 16.6. The molecule has 0 fully saturated rings. The fourth-order valence-corrected chi connectivity index (χ4v) is 8.74. The van der Waals surface area contributed by atoms with Crippen LogP contribution in [0.25, 0.3) is 0 Å².